The van der Waals surface area contributed by atoms with Crippen molar-refractivity contribution in [3.05, 3.63) is 23.8 Å². The van der Waals surface area contributed by atoms with Gasteiger partial charge >= 0.3 is 11.8 Å². The summed E-state index contributed by atoms with van der Waals surface area (Å²) in [7, 11) is 1.48. The number of nitrogens with zero attached hydrogens (tertiary/aromatic N) is 2. The van der Waals surface area contributed by atoms with Crippen molar-refractivity contribution in [2.75, 3.05) is 13.7 Å². The van der Waals surface area contributed by atoms with E-state index in [2.05, 4.69) is 18.9 Å². The summed E-state index contributed by atoms with van der Waals surface area (Å²) in [5, 5.41) is 3.64. The highest BCUT2D eigenvalue weighted by Gasteiger charge is 2.29. The molecule has 0 spiro atoms. The van der Waals surface area contributed by atoms with E-state index in [-0.39, 0.29) is 24.6 Å². The lowest BCUT2D eigenvalue weighted by Gasteiger charge is -2.39. The first-order chi connectivity index (χ1) is 13.3. The molecule has 1 saturated heterocycles. The summed E-state index contributed by atoms with van der Waals surface area (Å²) in [6.45, 7) is 4.03. The summed E-state index contributed by atoms with van der Waals surface area (Å²) in [4.78, 5) is 36.2. The van der Waals surface area contributed by atoms with Crippen molar-refractivity contribution in [2.24, 2.45) is 10.8 Å². The zero-order chi connectivity index (χ0) is 20.7. The van der Waals surface area contributed by atoms with Crippen molar-refractivity contribution < 1.29 is 23.9 Å². The minimum absolute atomic E-state index is 0.0541. The minimum atomic E-state index is -1.12. The van der Waals surface area contributed by atoms with Crippen LogP contribution in [0.1, 0.15) is 38.7 Å². The predicted octanol–water partition coefficient (Wildman–Crippen LogP) is 0.799. The van der Waals surface area contributed by atoms with Gasteiger partial charge in [-0.25, -0.2) is 5.43 Å². The molecular weight excluding hydrogens is 364 g/mol. The summed E-state index contributed by atoms with van der Waals surface area (Å²) in [6.07, 6.45) is 4.46. The van der Waals surface area contributed by atoms with Crippen molar-refractivity contribution in [3.8, 4) is 11.5 Å². The summed E-state index contributed by atoms with van der Waals surface area (Å²) in [5.74, 6) is -1.35. The molecule has 9 heteroatoms. The molecule has 2 rings (SSSR count). The third-order valence-corrected chi connectivity index (χ3v) is 4.62. The molecule has 0 aromatic heterocycles. The van der Waals surface area contributed by atoms with Gasteiger partial charge in [0, 0.05) is 12.1 Å². The Morgan fingerprint density at radius 2 is 1.93 bits per heavy atom. The molecular formula is C19H26N4O5. The van der Waals surface area contributed by atoms with Crippen LogP contribution in [0.2, 0.25) is 0 Å². The predicted molar refractivity (Wildman–Crippen MR) is 103 cm³/mol. The van der Waals surface area contributed by atoms with E-state index < -0.39 is 11.8 Å². The van der Waals surface area contributed by atoms with Crippen molar-refractivity contribution in [2.45, 2.75) is 45.2 Å². The lowest BCUT2D eigenvalue weighted by Crippen LogP contribution is -2.49. The minimum Gasteiger partial charge on any atom is -0.493 e. The number of amides is 3. The van der Waals surface area contributed by atoms with Gasteiger partial charge in [-0.1, -0.05) is 0 Å². The molecule has 1 aromatic rings. The molecule has 1 aromatic carbocycles. The van der Waals surface area contributed by atoms with E-state index >= 15 is 0 Å². The van der Waals surface area contributed by atoms with Crippen LogP contribution < -0.4 is 20.6 Å². The quantitative estimate of drug-likeness (QED) is 0.422. The summed E-state index contributed by atoms with van der Waals surface area (Å²) >= 11 is 0. The second-order valence-electron chi connectivity index (χ2n) is 6.69. The SMILES string of the molecule is COc1cc(/C=N\NC(=O)C(N)=O)ccc1OCC(=O)N1[C@@H](C)CCC[C@@H]1C. The van der Waals surface area contributed by atoms with Crippen LogP contribution in [0.4, 0.5) is 0 Å². The van der Waals surface area contributed by atoms with Crippen LogP contribution in [-0.2, 0) is 14.4 Å². The fourth-order valence-electron chi connectivity index (χ4n) is 3.23. The molecule has 1 heterocycles. The Balaban J connectivity index is 2.00. The molecule has 3 N–H and O–H groups in total. The van der Waals surface area contributed by atoms with E-state index in [0.29, 0.717) is 17.1 Å². The molecule has 0 bridgehead atoms. The van der Waals surface area contributed by atoms with Gasteiger partial charge in [0.15, 0.2) is 18.1 Å². The molecule has 2 atom stereocenters. The highest BCUT2D eigenvalue weighted by Crippen LogP contribution is 2.28. The van der Waals surface area contributed by atoms with E-state index in [1.165, 1.54) is 13.3 Å². The number of methoxy groups -OCH3 is 1. The molecule has 9 nitrogen and oxygen atoms in total. The van der Waals surface area contributed by atoms with Crippen LogP contribution in [0.25, 0.3) is 0 Å². The number of carbonyl (C=O) groups excluding carboxylic acids is 3. The first kappa shape index (κ1) is 21.2. The number of hydrogen-bond acceptors (Lipinski definition) is 6. The fourth-order valence-corrected chi connectivity index (χ4v) is 3.23. The van der Waals surface area contributed by atoms with Crippen LogP contribution in [0.15, 0.2) is 23.3 Å². The standard InChI is InChI=1S/C19H26N4O5/c1-12-5-4-6-13(2)23(12)17(24)11-28-15-8-7-14(9-16(15)27-3)10-21-22-19(26)18(20)25/h7-10,12-13H,4-6,11H2,1-3H3,(H2,20,25)(H,22,26)/b21-10-/t12-,13-/m0/s1. The van der Waals surface area contributed by atoms with Crippen LogP contribution in [0.3, 0.4) is 0 Å². The van der Waals surface area contributed by atoms with Crippen LogP contribution in [0, 0.1) is 0 Å². The number of likely N-dealkylation sites (tertiary alicyclic amines) is 1. The van der Waals surface area contributed by atoms with Gasteiger partial charge in [-0.05, 0) is 56.9 Å². The number of piperidine rings is 1. The Kier molecular flexibility index (Phi) is 7.36. The second-order valence-corrected chi connectivity index (χ2v) is 6.69. The topological polar surface area (TPSA) is 123 Å². The number of nitrogens with two attached hydrogens (primary N) is 1. The molecule has 28 heavy (non-hydrogen) atoms. The Bertz CT molecular complexity index is 755. The lowest BCUT2D eigenvalue weighted by molar-refractivity contribution is -0.139. The molecule has 1 aliphatic heterocycles. The normalized spacial score (nSPS) is 19.3. The van der Waals surface area contributed by atoms with E-state index in [1.807, 2.05) is 10.3 Å². The average Bonchev–Trinajstić information content (AvgIpc) is 2.66. The molecule has 0 saturated carbocycles. The largest absolute Gasteiger partial charge is 0.493 e. The van der Waals surface area contributed by atoms with Gasteiger partial charge in [-0.2, -0.15) is 5.10 Å². The number of carbonyl (C=O) groups is 3. The zero-order valence-corrected chi connectivity index (χ0v) is 16.3. The number of rotatable bonds is 6. The molecule has 1 fully saturated rings. The molecule has 0 radical (unpaired) electrons. The molecule has 152 valence electrons. The van der Waals surface area contributed by atoms with E-state index in [0.717, 1.165) is 19.3 Å². The van der Waals surface area contributed by atoms with E-state index in [9.17, 15) is 14.4 Å². The third-order valence-electron chi connectivity index (χ3n) is 4.62. The molecule has 0 aliphatic carbocycles. The highest BCUT2D eigenvalue weighted by atomic mass is 16.5. The van der Waals surface area contributed by atoms with Gasteiger partial charge in [0.2, 0.25) is 0 Å². The number of primary amides is 1. The van der Waals surface area contributed by atoms with Gasteiger partial charge in [0.05, 0.1) is 13.3 Å². The second kappa shape index (κ2) is 9.72. The Morgan fingerprint density at radius 3 is 2.54 bits per heavy atom. The smallest absolute Gasteiger partial charge is 0.329 e. The van der Waals surface area contributed by atoms with Gasteiger partial charge < -0.3 is 20.1 Å². The lowest BCUT2D eigenvalue weighted by atomic mass is 9.97. The fraction of sp³-hybridized carbons (Fsp3) is 0.474. The van der Waals surface area contributed by atoms with Crippen molar-refractivity contribution in [1.82, 2.24) is 10.3 Å². The first-order valence-corrected chi connectivity index (χ1v) is 9.08. The Hall–Kier alpha value is -3.10. The van der Waals surface area contributed by atoms with Crippen molar-refractivity contribution in [3.63, 3.8) is 0 Å². The highest BCUT2D eigenvalue weighted by molar-refractivity contribution is 6.34. The maximum atomic E-state index is 12.6. The number of ether oxygens (including phenoxy) is 2. The summed E-state index contributed by atoms with van der Waals surface area (Å²) in [6, 6.07) is 5.36. The van der Waals surface area contributed by atoms with Gasteiger partial charge in [0.25, 0.3) is 5.91 Å². The first-order valence-electron chi connectivity index (χ1n) is 9.08. The van der Waals surface area contributed by atoms with Gasteiger partial charge in [-0.15, -0.1) is 0 Å². The number of benzene rings is 1. The van der Waals surface area contributed by atoms with Crippen LogP contribution in [0.5, 0.6) is 11.5 Å². The summed E-state index contributed by atoms with van der Waals surface area (Å²) < 4.78 is 11.0. The maximum Gasteiger partial charge on any atom is 0.329 e. The van der Waals surface area contributed by atoms with Crippen LogP contribution >= 0.6 is 0 Å². The van der Waals surface area contributed by atoms with Gasteiger partial charge in [-0.3, -0.25) is 14.4 Å². The molecule has 0 unspecified atom stereocenters. The number of hydrazone groups is 1. The molecule has 3 amide bonds. The van der Waals surface area contributed by atoms with Crippen molar-refractivity contribution in [1.29, 1.82) is 0 Å². The zero-order valence-electron chi connectivity index (χ0n) is 16.3. The number of hydrogen-bond donors (Lipinski definition) is 2. The average molecular weight is 390 g/mol. The Morgan fingerprint density at radius 1 is 1.25 bits per heavy atom. The Labute approximate surface area is 163 Å². The van der Waals surface area contributed by atoms with E-state index in [1.54, 1.807) is 18.2 Å². The molecule has 1 aliphatic rings. The maximum absolute atomic E-state index is 12.6. The third kappa shape index (κ3) is 5.45. The monoisotopic (exact) mass is 390 g/mol. The van der Waals surface area contributed by atoms with E-state index in [4.69, 9.17) is 15.2 Å². The number of nitrogens with one attached hydrogen (secondary N) is 1. The van der Waals surface area contributed by atoms with Gasteiger partial charge in [0.1, 0.15) is 0 Å². The van der Waals surface area contributed by atoms with Crippen molar-refractivity contribution >= 4 is 23.9 Å². The van der Waals surface area contributed by atoms with Crippen LogP contribution in [-0.4, -0.2) is 54.6 Å². The summed E-state index contributed by atoms with van der Waals surface area (Å²) in [5.41, 5.74) is 7.41.